The third-order valence-corrected chi connectivity index (χ3v) is 1.66. The molecule has 0 amide bonds. The fourth-order valence-electron chi connectivity index (χ4n) is 0.930. The molecule has 0 saturated carbocycles. The van der Waals surface area contributed by atoms with Gasteiger partial charge in [-0.2, -0.15) is 0 Å². The van der Waals surface area contributed by atoms with E-state index in [0.717, 1.165) is 5.69 Å². The fraction of sp³-hybridized carbons (Fsp3) is 0.143. The Morgan fingerprint density at radius 1 is 1.50 bits per heavy atom. The smallest absolute Gasteiger partial charge is 0.266 e. The van der Waals surface area contributed by atoms with Crippen LogP contribution in [0.15, 0.2) is 29.5 Å². The van der Waals surface area contributed by atoms with Crippen LogP contribution in [0.5, 0.6) is 0 Å². The minimum absolute atomic E-state index is 0.293. The molecule has 4 nitrogen and oxygen atoms in total. The van der Waals surface area contributed by atoms with Gasteiger partial charge in [-0.15, -0.1) is 5.10 Å². The normalized spacial score (nSPS) is 21.1. The summed E-state index contributed by atoms with van der Waals surface area (Å²) in [4.78, 5) is 4.10. The first-order chi connectivity index (χ1) is 5.86. The van der Waals surface area contributed by atoms with E-state index >= 15 is 0 Å². The zero-order valence-electron chi connectivity index (χ0n) is 6.14. The standard InChI is InChI=1S/C7H7N3OS/c12-7-10-9-6(11-7)5-3-1-2-4-8-5/h1-4,6,9H,(H,10,12). The van der Waals surface area contributed by atoms with Crippen LogP contribution < -0.4 is 5.43 Å². The number of rotatable bonds is 1. The highest BCUT2D eigenvalue weighted by Crippen LogP contribution is 2.16. The maximum Gasteiger partial charge on any atom is 0.266 e. The molecule has 0 bridgehead atoms. The molecule has 2 heterocycles. The Kier molecular flexibility index (Phi) is 1.87. The van der Waals surface area contributed by atoms with Gasteiger partial charge in [-0.1, -0.05) is 18.7 Å². The zero-order chi connectivity index (χ0) is 8.39. The Bertz CT molecular complexity index is 301. The summed E-state index contributed by atoms with van der Waals surface area (Å²) >= 11 is 3.94. The van der Waals surface area contributed by atoms with Crippen LogP contribution >= 0.6 is 12.6 Å². The fourth-order valence-corrected chi connectivity index (χ4v) is 1.09. The van der Waals surface area contributed by atoms with Crippen molar-refractivity contribution < 1.29 is 4.74 Å². The van der Waals surface area contributed by atoms with Gasteiger partial charge in [-0.05, 0) is 12.1 Å². The molecular formula is C7H7N3OS. The van der Waals surface area contributed by atoms with Crippen LogP contribution in [0.3, 0.4) is 0 Å². The molecule has 1 atom stereocenters. The van der Waals surface area contributed by atoms with Crippen molar-refractivity contribution >= 4 is 17.9 Å². The van der Waals surface area contributed by atoms with Crippen molar-refractivity contribution in [2.75, 3.05) is 0 Å². The molecule has 0 aliphatic carbocycles. The minimum atomic E-state index is -0.293. The number of nitrogens with zero attached hydrogens (tertiary/aromatic N) is 2. The van der Waals surface area contributed by atoms with E-state index in [1.54, 1.807) is 6.20 Å². The molecule has 1 aromatic rings. The van der Waals surface area contributed by atoms with Gasteiger partial charge in [0.25, 0.3) is 5.23 Å². The lowest BCUT2D eigenvalue weighted by Gasteiger charge is -2.07. The van der Waals surface area contributed by atoms with E-state index in [2.05, 4.69) is 28.1 Å². The topological polar surface area (TPSA) is 46.5 Å². The van der Waals surface area contributed by atoms with E-state index in [9.17, 15) is 0 Å². The number of pyridine rings is 1. The van der Waals surface area contributed by atoms with E-state index in [4.69, 9.17) is 4.74 Å². The molecule has 0 aromatic carbocycles. The molecule has 0 fully saturated rings. The largest absolute Gasteiger partial charge is 0.440 e. The summed E-state index contributed by atoms with van der Waals surface area (Å²) in [6.45, 7) is 0. The second-order valence-electron chi connectivity index (χ2n) is 2.28. The number of ether oxygens (including phenoxy) is 1. The summed E-state index contributed by atoms with van der Waals surface area (Å²) in [5, 5.41) is 4.10. The van der Waals surface area contributed by atoms with Crippen molar-refractivity contribution in [2.24, 2.45) is 5.10 Å². The van der Waals surface area contributed by atoms with Crippen molar-refractivity contribution in [1.82, 2.24) is 10.4 Å². The lowest BCUT2D eigenvalue weighted by atomic mass is 10.3. The van der Waals surface area contributed by atoms with Crippen molar-refractivity contribution in [2.45, 2.75) is 6.23 Å². The number of aromatic nitrogens is 1. The first kappa shape index (κ1) is 7.42. The number of nitrogens with one attached hydrogen (secondary N) is 1. The highest BCUT2D eigenvalue weighted by molar-refractivity contribution is 7.96. The van der Waals surface area contributed by atoms with Gasteiger partial charge in [0.1, 0.15) is 5.69 Å². The van der Waals surface area contributed by atoms with Gasteiger partial charge in [-0.25, -0.2) is 0 Å². The predicted molar refractivity (Wildman–Crippen MR) is 47.6 cm³/mol. The van der Waals surface area contributed by atoms with Crippen LogP contribution in [0.25, 0.3) is 0 Å². The summed E-state index contributed by atoms with van der Waals surface area (Å²) in [6.07, 6.45) is 1.41. The van der Waals surface area contributed by atoms with Gasteiger partial charge in [0.2, 0.25) is 6.23 Å². The number of thiol groups is 1. The van der Waals surface area contributed by atoms with Crippen LogP contribution in [-0.4, -0.2) is 10.2 Å². The minimum Gasteiger partial charge on any atom is -0.440 e. The van der Waals surface area contributed by atoms with Crippen molar-refractivity contribution in [1.29, 1.82) is 0 Å². The summed E-state index contributed by atoms with van der Waals surface area (Å²) in [5.41, 5.74) is 3.55. The van der Waals surface area contributed by atoms with Crippen LogP contribution in [0.4, 0.5) is 0 Å². The Labute approximate surface area is 75.1 Å². The Morgan fingerprint density at radius 2 is 2.42 bits per heavy atom. The molecule has 12 heavy (non-hydrogen) atoms. The molecule has 0 radical (unpaired) electrons. The lowest BCUT2D eigenvalue weighted by molar-refractivity contribution is 0.191. The molecule has 1 N–H and O–H groups in total. The summed E-state index contributed by atoms with van der Waals surface area (Å²) in [5.74, 6) is 0. The molecule has 62 valence electrons. The number of hydrogen-bond acceptors (Lipinski definition) is 4. The predicted octanol–water partition coefficient (Wildman–Crippen LogP) is 0.901. The van der Waals surface area contributed by atoms with E-state index < -0.39 is 0 Å². The summed E-state index contributed by atoms with van der Waals surface area (Å²) in [6, 6.07) is 5.60. The average Bonchev–Trinajstić information content (AvgIpc) is 2.54. The van der Waals surface area contributed by atoms with Gasteiger partial charge in [0, 0.05) is 6.20 Å². The Balaban J connectivity index is 2.14. The molecule has 2 rings (SSSR count). The van der Waals surface area contributed by atoms with Gasteiger partial charge in [-0.3, -0.25) is 10.4 Å². The van der Waals surface area contributed by atoms with E-state index in [0.29, 0.717) is 5.23 Å². The van der Waals surface area contributed by atoms with Crippen molar-refractivity contribution in [3.63, 3.8) is 0 Å². The van der Waals surface area contributed by atoms with Crippen LogP contribution in [-0.2, 0) is 4.74 Å². The molecule has 1 aliphatic heterocycles. The van der Waals surface area contributed by atoms with Crippen LogP contribution in [0, 0.1) is 0 Å². The Hall–Kier alpha value is -1.23. The van der Waals surface area contributed by atoms with Gasteiger partial charge < -0.3 is 4.74 Å². The maximum atomic E-state index is 5.19. The van der Waals surface area contributed by atoms with Crippen LogP contribution in [0.2, 0.25) is 0 Å². The number of hydrazone groups is 1. The molecule has 1 aromatic heterocycles. The van der Waals surface area contributed by atoms with Crippen molar-refractivity contribution in [3.05, 3.63) is 30.1 Å². The molecule has 5 heteroatoms. The lowest BCUT2D eigenvalue weighted by Crippen LogP contribution is -2.12. The monoisotopic (exact) mass is 181 g/mol. The first-order valence-corrected chi connectivity index (χ1v) is 3.91. The molecule has 1 unspecified atom stereocenters. The highest BCUT2D eigenvalue weighted by atomic mass is 32.1. The van der Waals surface area contributed by atoms with Crippen LogP contribution in [0.1, 0.15) is 11.9 Å². The second kappa shape index (κ2) is 3.02. The second-order valence-corrected chi connectivity index (χ2v) is 2.66. The van der Waals surface area contributed by atoms with Gasteiger partial charge >= 0.3 is 0 Å². The Morgan fingerprint density at radius 3 is 3.00 bits per heavy atom. The van der Waals surface area contributed by atoms with E-state index in [1.807, 2.05) is 18.2 Å². The molecule has 0 spiro atoms. The SMILES string of the molecule is SC1=NNC(c2ccccn2)O1. The highest BCUT2D eigenvalue weighted by Gasteiger charge is 2.19. The summed E-state index contributed by atoms with van der Waals surface area (Å²) in [7, 11) is 0. The third kappa shape index (κ3) is 1.35. The average molecular weight is 181 g/mol. The van der Waals surface area contributed by atoms with E-state index in [-0.39, 0.29) is 6.23 Å². The summed E-state index contributed by atoms with van der Waals surface area (Å²) < 4.78 is 5.19. The first-order valence-electron chi connectivity index (χ1n) is 3.46. The van der Waals surface area contributed by atoms with Crippen molar-refractivity contribution in [3.8, 4) is 0 Å². The zero-order valence-corrected chi connectivity index (χ0v) is 7.03. The number of hydrogen-bond donors (Lipinski definition) is 2. The quantitative estimate of drug-likeness (QED) is 0.633. The molecule has 1 aliphatic rings. The maximum absolute atomic E-state index is 5.19. The van der Waals surface area contributed by atoms with Gasteiger partial charge in [0.05, 0.1) is 0 Å². The van der Waals surface area contributed by atoms with E-state index in [1.165, 1.54) is 0 Å². The third-order valence-electron chi connectivity index (χ3n) is 1.46. The molecular weight excluding hydrogens is 174 g/mol. The molecule has 0 saturated heterocycles. The van der Waals surface area contributed by atoms with Gasteiger partial charge in [0.15, 0.2) is 0 Å².